The van der Waals surface area contributed by atoms with E-state index in [2.05, 4.69) is 27.8 Å². The Kier molecular flexibility index (Phi) is 5.63. The third kappa shape index (κ3) is 3.80. The highest BCUT2D eigenvalue weighted by Gasteiger charge is 2.30. The van der Waals surface area contributed by atoms with E-state index in [0.717, 1.165) is 16.7 Å². The van der Waals surface area contributed by atoms with Crippen molar-refractivity contribution < 1.29 is 0 Å². The van der Waals surface area contributed by atoms with Gasteiger partial charge in [-0.1, -0.05) is 52.1 Å². The number of halogens is 3. The van der Waals surface area contributed by atoms with Gasteiger partial charge in [0.15, 0.2) is 11.2 Å². The highest BCUT2D eigenvalue weighted by molar-refractivity contribution is 9.10. The van der Waals surface area contributed by atoms with Gasteiger partial charge in [0.05, 0.1) is 6.54 Å². The first kappa shape index (κ1) is 22.3. The van der Waals surface area contributed by atoms with Crippen molar-refractivity contribution in [1.82, 2.24) is 18.7 Å². The largest absolute Gasteiger partial charge is 0.332 e. The van der Waals surface area contributed by atoms with Crippen molar-refractivity contribution in [3.05, 3.63) is 83.4 Å². The molecule has 10 heteroatoms. The quantitative estimate of drug-likeness (QED) is 0.369. The molecule has 0 amide bonds. The first-order valence-corrected chi connectivity index (χ1v) is 12.0. The van der Waals surface area contributed by atoms with E-state index in [0.29, 0.717) is 39.3 Å². The Hall–Kier alpha value is -2.55. The third-order valence-corrected chi connectivity index (χ3v) is 7.04. The Morgan fingerprint density at radius 3 is 2.52 bits per heavy atom. The zero-order valence-corrected chi connectivity index (χ0v) is 21.0. The van der Waals surface area contributed by atoms with Crippen LogP contribution in [0.15, 0.2) is 56.5 Å². The number of hydrogen-bond acceptors (Lipinski definition) is 4. The van der Waals surface area contributed by atoms with Crippen LogP contribution < -0.4 is 16.1 Å². The van der Waals surface area contributed by atoms with Crippen molar-refractivity contribution in [2.75, 3.05) is 11.4 Å². The van der Waals surface area contributed by atoms with Crippen molar-refractivity contribution >= 4 is 61.9 Å². The summed E-state index contributed by atoms with van der Waals surface area (Å²) in [5.74, 6) is 0.925. The maximum Gasteiger partial charge on any atom is 0.332 e. The Morgan fingerprint density at radius 2 is 1.82 bits per heavy atom. The number of aromatic nitrogens is 4. The molecule has 1 aliphatic rings. The summed E-state index contributed by atoms with van der Waals surface area (Å²) < 4.78 is 5.54. The molecule has 5 rings (SSSR count). The molecule has 1 aliphatic heterocycles. The van der Waals surface area contributed by atoms with E-state index in [1.54, 1.807) is 25.2 Å². The zero-order valence-electron chi connectivity index (χ0n) is 17.9. The summed E-state index contributed by atoms with van der Waals surface area (Å²) in [7, 11) is 1.64. The number of benzene rings is 2. The number of imidazole rings is 1. The number of anilines is 2. The molecule has 170 valence electrons. The van der Waals surface area contributed by atoms with Gasteiger partial charge in [-0.2, -0.15) is 4.98 Å². The Balaban J connectivity index is 1.71. The van der Waals surface area contributed by atoms with Gasteiger partial charge in [0.1, 0.15) is 0 Å². The van der Waals surface area contributed by atoms with Gasteiger partial charge in [-0.25, -0.2) is 4.79 Å². The van der Waals surface area contributed by atoms with Crippen LogP contribution in [0.25, 0.3) is 11.2 Å². The summed E-state index contributed by atoms with van der Waals surface area (Å²) >= 11 is 15.8. The monoisotopic (exact) mass is 547 g/mol. The lowest BCUT2D eigenvalue weighted by Crippen LogP contribution is -2.40. The summed E-state index contributed by atoms with van der Waals surface area (Å²) in [5.41, 5.74) is 1.56. The van der Waals surface area contributed by atoms with Crippen LogP contribution in [0.5, 0.6) is 0 Å². The summed E-state index contributed by atoms with van der Waals surface area (Å²) in [6, 6.07) is 13.0. The number of hydrogen-bond donors (Lipinski definition) is 0. The second-order valence-electron chi connectivity index (χ2n) is 8.36. The topological polar surface area (TPSA) is 65.1 Å². The molecule has 0 aliphatic carbocycles. The summed E-state index contributed by atoms with van der Waals surface area (Å²) in [6.45, 7) is 3.57. The van der Waals surface area contributed by atoms with Gasteiger partial charge in [-0.3, -0.25) is 13.9 Å². The molecule has 0 fully saturated rings. The minimum Gasteiger partial charge on any atom is -0.312 e. The maximum atomic E-state index is 13.6. The van der Waals surface area contributed by atoms with Gasteiger partial charge in [0, 0.05) is 40.3 Å². The molecule has 1 unspecified atom stereocenters. The predicted molar refractivity (Wildman–Crippen MR) is 135 cm³/mol. The van der Waals surface area contributed by atoms with E-state index in [4.69, 9.17) is 28.2 Å². The van der Waals surface area contributed by atoms with Gasteiger partial charge in [-0.05, 0) is 47.9 Å². The minimum absolute atomic E-state index is 0.0456. The van der Waals surface area contributed by atoms with E-state index in [1.807, 2.05) is 28.8 Å². The molecule has 2 aromatic heterocycles. The van der Waals surface area contributed by atoms with Crippen molar-refractivity contribution in [1.29, 1.82) is 0 Å². The number of rotatable bonds is 3. The van der Waals surface area contributed by atoms with Crippen LogP contribution in [0.2, 0.25) is 10.0 Å². The fourth-order valence-electron chi connectivity index (χ4n) is 4.30. The fraction of sp³-hybridized carbons (Fsp3) is 0.261. The van der Waals surface area contributed by atoms with Gasteiger partial charge in [0.25, 0.3) is 5.56 Å². The standard InChI is InChI=1S/C23H20BrCl2N5O2/c1-13-10-29(17-7-4-15(24)5-8-17)22-27-20-19(30(22)11-13)21(32)31(23(33)28(20)2)12-14-3-6-16(25)9-18(14)26/h3-9,13H,10-12H2,1-2H3. The molecule has 2 aromatic carbocycles. The Bertz CT molecular complexity index is 1510. The van der Waals surface area contributed by atoms with E-state index in [1.165, 1.54) is 9.13 Å². The Morgan fingerprint density at radius 1 is 1.09 bits per heavy atom. The van der Waals surface area contributed by atoms with Crippen LogP contribution in [0.3, 0.4) is 0 Å². The van der Waals surface area contributed by atoms with Gasteiger partial charge < -0.3 is 9.47 Å². The molecule has 1 atom stereocenters. The predicted octanol–water partition coefficient (Wildman–Crippen LogP) is 4.80. The van der Waals surface area contributed by atoms with Crippen LogP contribution in [-0.2, 0) is 20.1 Å². The van der Waals surface area contributed by atoms with E-state index in [9.17, 15) is 9.59 Å². The van der Waals surface area contributed by atoms with E-state index >= 15 is 0 Å². The molecule has 3 heterocycles. The van der Waals surface area contributed by atoms with Crippen LogP contribution in [-0.4, -0.2) is 25.2 Å². The van der Waals surface area contributed by atoms with E-state index in [-0.39, 0.29) is 18.0 Å². The molecule has 0 saturated heterocycles. The van der Waals surface area contributed by atoms with E-state index < -0.39 is 5.69 Å². The molecular weight excluding hydrogens is 529 g/mol. The van der Waals surface area contributed by atoms with Crippen LogP contribution in [0.4, 0.5) is 11.6 Å². The first-order valence-electron chi connectivity index (χ1n) is 10.4. The normalized spacial score (nSPS) is 15.8. The van der Waals surface area contributed by atoms with Gasteiger partial charge in [-0.15, -0.1) is 0 Å². The van der Waals surface area contributed by atoms with Crippen LogP contribution in [0.1, 0.15) is 12.5 Å². The van der Waals surface area contributed by atoms with Crippen molar-refractivity contribution in [3.63, 3.8) is 0 Å². The number of nitrogens with zero attached hydrogens (tertiary/aromatic N) is 5. The van der Waals surface area contributed by atoms with Crippen molar-refractivity contribution in [3.8, 4) is 0 Å². The maximum absolute atomic E-state index is 13.6. The molecule has 4 aromatic rings. The molecule has 0 bridgehead atoms. The second kappa shape index (κ2) is 8.34. The third-order valence-electron chi connectivity index (χ3n) is 5.92. The molecule has 33 heavy (non-hydrogen) atoms. The minimum atomic E-state index is -0.447. The van der Waals surface area contributed by atoms with Crippen molar-refractivity contribution in [2.45, 2.75) is 20.0 Å². The summed E-state index contributed by atoms with van der Waals surface area (Å²) in [4.78, 5) is 33.6. The van der Waals surface area contributed by atoms with Crippen LogP contribution in [0, 0.1) is 5.92 Å². The summed E-state index contributed by atoms with van der Waals surface area (Å²) in [6.07, 6.45) is 0. The highest BCUT2D eigenvalue weighted by atomic mass is 79.9. The first-order chi connectivity index (χ1) is 15.7. The summed E-state index contributed by atoms with van der Waals surface area (Å²) in [5, 5.41) is 0.897. The number of fused-ring (bicyclic) bond motifs is 3. The van der Waals surface area contributed by atoms with Crippen molar-refractivity contribution in [2.24, 2.45) is 13.0 Å². The molecule has 0 N–H and O–H groups in total. The Labute approximate surface area is 207 Å². The van der Waals surface area contributed by atoms with Gasteiger partial charge in [0.2, 0.25) is 5.95 Å². The molecule has 7 nitrogen and oxygen atoms in total. The highest BCUT2D eigenvalue weighted by Crippen LogP contribution is 2.33. The second-order valence-corrected chi connectivity index (χ2v) is 10.1. The molecular formula is C23H20BrCl2N5O2. The fourth-order valence-corrected chi connectivity index (χ4v) is 5.04. The van der Waals surface area contributed by atoms with Gasteiger partial charge >= 0.3 is 5.69 Å². The lowest BCUT2D eigenvalue weighted by molar-refractivity contribution is 0.458. The SMILES string of the molecule is CC1CN(c2ccc(Br)cc2)c2nc3c(c(=O)n(Cc4ccc(Cl)cc4Cl)c(=O)n3C)n2C1. The van der Waals surface area contributed by atoms with Crippen LogP contribution >= 0.6 is 39.1 Å². The lowest BCUT2D eigenvalue weighted by Gasteiger charge is -2.33. The lowest BCUT2D eigenvalue weighted by atomic mass is 10.1. The molecule has 0 saturated carbocycles. The zero-order chi connectivity index (χ0) is 23.4. The smallest absolute Gasteiger partial charge is 0.312 e. The molecule has 0 radical (unpaired) electrons. The average Bonchev–Trinajstić information content (AvgIpc) is 3.16. The number of aryl methyl sites for hydroxylation is 1. The average molecular weight is 549 g/mol. The molecule has 0 spiro atoms.